The number of amides is 2. The van der Waals surface area contributed by atoms with Gasteiger partial charge in [-0.3, -0.25) is 14.5 Å². The smallest absolute Gasteiger partial charge is 0.228 e. The molecular formula is C39H77NO2. The fourth-order valence-corrected chi connectivity index (χ4v) is 6.12. The standard InChI is InChI=1S/C39H77NO2/c1-4-6-8-10-12-14-16-18-20-22-24-26-28-30-32-34-36-38(41)40(3)39(42)37-35-33-31-29-27-25-23-21-19-17-15-13-11-9-7-5-2/h4-37H2,1-3H3. The summed E-state index contributed by atoms with van der Waals surface area (Å²) in [6, 6.07) is 0. The lowest BCUT2D eigenvalue weighted by atomic mass is 10.0. The summed E-state index contributed by atoms with van der Waals surface area (Å²) in [5, 5.41) is 0. The van der Waals surface area contributed by atoms with Crippen LogP contribution in [0.2, 0.25) is 0 Å². The van der Waals surface area contributed by atoms with Crippen LogP contribution in [0.3, 0.4) is 0 Å². The first kappa shape index (κ1) is 41.1. The van der Waals surface area contributed by atoms with Gasteiger partial charge in [0.2, 0.25) is 11.8 Å². The van der Waals surface area contributed by atoms with E-state index in [0.717, 1.165) is 25.7 Å². The van der Waals surface area contributed by atoms with Crippen molar-refractivity contribution >= 4 is 11.8 Å². The Hall–Kier alpha value is -0.860. The second kappa shape index (κ2) is 34.6. The van der Waals surface area contributed by atoms with Gasteiger partial charge in [-0.05, 0) is 12.8 Å². The van der Waals surface area contributed by atoms with Crippen LogP contribution in [-0.2, 0) is 9.59 Å². The van der Waals surface area contributed by atoms with Gasteiger partial charge in [0, 0.05) is 19.9 Å². The third kappa shape index (κ3) is 30.6. The van der Waals surface area contributed by atoms with Crippen molar-refractivity contribution in [1.82, 2.24) is 4.90 Å². The van der Waals surface area contributed by atoms with Gasteiger partial charge >= 0.3 is 0 Å². The van der Waals surface area contributed by atoms with E-state index in [0.29, 0.717) is 12.8 Å². The van der Waals surface area contributed by atoms with E-state index in [1.54, 1.807) is 7.05 Å². The van der Waals surface area contributed by atoms with Crippen molar-refractivity contribution in [3.8, 4) is 0 Å². The number of imide groups is 1. The molecule has 3 heteroatoms. The van der Waals surface area contributed by atoms with E-state index in [4.69, 9.17) is 0 Å². The highest BCUT2D eigenvalue weighted by Crippen LogP contribution is 2.16. The summed E-state index contributed by atoms with van der Waals surface area (Å²) < 4.78 is 0. The molecule has 0 atom stereocenters. The minimum absolute atomic E-state index is 0.0156. The first-order chi connectivity index (χ1) is 20.6. The molecule has 0 saturated carbocycles. The number of hydrogen-bond acceptors (Lipinski definition) is 2. The summed E-state index contributed by atoms with van der Waals surface area (Å²) in [6.45, 7) is 4.57. The Labute approximate surface area is 265 Å². The minimum Gasteiger partial charge on any atom is -0.286 e. The lowest BCUT2D eigenvalue weighted by Gasteiger charge is -2.15. The molecule has 0 N–H and O–H groups in total. The molecule has 0 aromatic rings. The van der Waals surface area contributed by atoms with Crippen LogP contribution in [0.4, 0.5) is 0 Å². The Balaban J connectivity index is 3.40. The van der Waals surface area contributed by atoms with E-state index in [1.165, 1.54) is 185 Å². The molecule has 0 heterocycles. The van der Waals surface area contributed by atoms with Gasteiger partial charge in [-0.2, -0.15) is 0 Å². The van der Waals surface area contributed by atoms with Crippen LogP contribution in [0.1, 0.15) is 232 Å². The molecule has 0 aromatic heterocycles. The van der Waals surface area contributed by atoms with Crippen LogP contribution >= 0.6 is 0 Å². The van der Waals surface area contributed by atoms with Crippen molar-refractivity contribution in [1.29, 1.82) is 0 Å². The molecule has 0 radical (unpaired) electrons. The number of unbranched alkanes of at least 4 members (excludes halogenated alkanes) is 30. The van der Waals surface area contributed by atoms with E-state index < -0.39 is 0 Å². The van der Waals surface area contributed by atoms with Crippen molar-refractivity contribution in [2.45, 2.75) is 232 Å². The summed E-state index contributed by atoms with van der Waals surface area (Å²) >= 11 is 0. The van der Waals surface area contributed by atoms with E-state index in [1.807, 2.05) is 0 Å². The second-order valence-corrected chi connectivity index (χ2v) is 13.5. The van der Waals surface area contributed by atoms with Crippen molar-refractivity contribution < 1.29 is 9.59 Å². The van der Waals surface area contributed by atoms with E-state index in [9.17, 15) is 9.59 Å². The fourth-order valence-electron chi connectivity index (χ4n) is 6.12. The van der Waals surface area contributed by atoms with Crippen LogP contribution < -0.4 is 0 Å². The van der Waals surface area contributed by atoms with Gasteiger partial charge in [0.15, 0.2) is 0 Å². The summed E-state index contributed by atoms with van der Waals surface area (Å²) in [6.07, 6.45) is 43.8. The third-order valence-corrected chi connectivity index (χ3v) is 9.24. The second-order valence-electron chi connectivity index (χ2n) is 13.5. The van der Waals surface area contributed by atoms with Crippen LogP contribution in [0.5, 0.6) is 0 Å². The SMILES string of the molecule is CCCCCCCCCCCCCCCCCCC(=O)N(C)C(=O)CCCCCCCCCCCCCCCCCC. The van der Waals surface area contributed by atoms with Gasteiger partial charge in [0.1, 0.15) is 0 Å². The van der Waals surface area contributed by atoms with Gasteiger partial charge in [-0.25, -0.2) is 0 Å². The molecule has 0 aromatic carbocycles. The molecule has 0 bridgehead atoms. The van der Waals surface area contributed by atoms with Gasteiger partial charge < -0.3 is 0 Å². The maximum Gasteiger partial charge on any atom is 0.228 e. The highest BCUT2D eigenvalue weighted by atomic mass is 16.2. The largest absolute Gasteiger partial charge is 0.286 e. The zero-order valence-electron chi connectivity index (χ0n) is 29.3. The maximum atomic E-state index is 12.4. The lowest BCUT2D eigenvalue weighted by Crippen LogP contribution is -2.32. The average Bonchev–Trinajstić information content (AvgIpc) is 3.00. The molecule has 0 aliphatic carbocycles. The lowest BCUT2D eigenvalue weighted by molar-refractivity contribution is -0.143. The summed E-state index contributed by atoms with van der Waals surface area (Å²) in [5.74, 6) is 0.0312. The zero-order chi connectivity index (χ0) is 30.8. The quantitative estimate of drug-likeness (QED) is 0.0698. The topological polar surface area (TPSA) is 37.4 Å². The Bertz CT molecular complexity index is 513. The summed E-state index contributed by atoms with van der Waals surface area (Å²) in [4.78, 5) is 26.2. The predicted molar refractivity (Wildman–Crippen MR) is 186 cm³/mol. The molecule has 0 rings (SSSR count). The first-order valence-electron chi connectivity index (χ1n) is 19.4. The molecule has 0 saturated heterocycles. The van der Waals surface area contributed by atoms with Crippen LogP contribution in [0.15, 0.2) is 0 Å². The van der Waals surface area contributed by atoms with Crippen LogP contribution in [0, 0.1) is 0 Å². The number of carbonyl (C=O) groups excluding carboxylic acids is 2. The molecule has 250 valence electrons. The Kier molecular flexibility index (Phi) is 33.9. The molecule has 0 unspecified atom stereocenters. The zero-order valence-corrected chi connectivity index (χ0v) is 29.3. The van der Waals surface area contributed by atoms with Gasteiger partial charge in [-0.1, -0.05) is 206 Å². The molecular weight excluding hydrogens is 514 g/mol. The highest BCUT2D eigenvalue weighted by molar-refractivity contribution is 5.94. The molecule has 0 spiro atoms. The van der Waals surface area contributed by atoms with Crippen molar-refractivity contribution in [3.05, 3.63) is 0 Å². The minimum atomic E-state index is 0.0156. The molecule has 3 nitrogen and oxygen atoms in total. The molecule has 0 aliphatic rings. The van der Waals surface area contributed by atoms with E-state index in [2.05, 4.69) is 13.8 Å². The summed E-state index contributed by atoms with van der Waals surface area (Å²) in [7, 11) is 1.68. The number of hydrogen-bond donors (Lipinski definition) is 0. The third-order valence-electron chi connectivity index (χ3n) is 9.24. The van der Waals surface area contributed by atoms with Crippen LogP contribution in [0.25, 0.3) is 0 Å². The average molecular weight is 592 g/mol. The van der Waals surface area contributed by atoms with E-state index in [-0.39, 0.29) is 11.8 Å². The van der Waals surface area contributed by atoms with Crippen molar-refractivity contribution in [2.24, 2.45) is 0 Å². The summed E-state index contributed by atoms with van der Waals surface area (Å²) in [5.41, 5.74) is 0. The Morgan fingerprint density at radius 1 is 0.310 bits per heavy atom. The number of carbonyl (C=O) groups is 2. The normalized spacial score (nSPS) is 11.3. The van der Waals surface area contributed by atoms with E-state index >= 15 is 0 Å². The number of rotatable bonds is 34. The van der Waals surface area contributed by atoms with Crippen molar-refractivity contribution in [3.63, 3.8) is 0 Å². The Morgan fingerprint density at radius 3 is 0.667 bits per heavy atom. The van der Waals surface area contributed by atoms with Gasteiger partial charge in [0.25, 0.3) is 0 Å². The predicted octanol–water partition coefficient (Wildman–Crippen LogP) is 13.3. The Morgan fingerprint density at radius 2 is 0.476 bits per heavy atom. The molecule has 0 aliphatic heterocycles. The van der Waals surface area contributed by atoms with Gasteiger partial charge in [-0.15, -0.1) is 0 Å². The number of nitrogens with zero attached hydrogens (tertiary/aromatic N) is 1. The van der Waals surface area contributed by atoms with Gasteiger partial charge in [0.05, 0.1) is 0 Å². The first-order valence-corrected chi connectivity index (χ1v) is 19.4. The molecule has 42 heavy (non-hydrogen) atoms. The fraction of sp³-hybridized carbons (Fsp3) is 0.949. The highest BCUT2D eigenvalue weighted by Gasteiger charge is 2.15. The monoisotopic (exact) mass is 592 g/mol. The molecule has 2 amide bonds. The molecule has 0 fully saturated rings. The maximum absolute atomic E-state index is 12.4. The van der Waals surface area contributed by atoms with Crippen LogP contribution in [-0.4, -0.2) is 23.8 Å². The van der Waals surface area contributed by atoms with Crippen molar-refractivity contribution in [2.75, 3.05) is 7.05 Å².